The van der Waals surface area contributed by atoms with Gasteiger partial charge in [0.2, 0.25) is 5.44 Å². The SMILES string of the molecule is CC(OC(=O)[C@H](C)N)S(=O)(=O)O. The Kier molecular flexibility index (Phi) is 3.62. The molecule has 0 saturated heterocycles. The maximum absolute atomic E-state index is 10.7. The second kappa shape index (κ2) is 3.83. The first-order valence-corrected chi connectivity index (χ1v) is 4.68. The number of rotatable bonds is 3. The average molecular weight is 197 g/mol. The highest BCUT2D eigenvalue weighted by Crippen LogP contribution is 2.00. The van der Waals surface area contributed by atoms with Crippen molar-refractivity contribution in [3.8, 4) is 0 Å². The van der Waals surface area contributed by atoms with Crippen molar-refractivity contribution in [2.45, 2.75) is 25.3 Å². The Morgan fingerprint density at radius 3 is 2.17 bits per heavy atom. The van der Waals surface area contributed by atoms with Crippen LogP contribution in [0.1, 0.15) is 13.8 Å². The second-order valence-corrected chi connectivity index (χ2v) is 4.00. The summed E-state index contributed by atoms with van der Waals surface area (Å²) < 4.78 is 33.3. The van der Waals surface area contributed by atoms with E-state index in [1.165, 1.54) is 6.92 Å². The van der Waals surface area contributed by atoms with E-state index < -0.39 is 27.6 Å². The number of ether oxygens (including phenoxy) is 1. The standard InChI is InChI=1S/C5H11NO5S/c1-3(6)5(7)11-4(2)12(8,9)10/h3-4H,6H2,1-2H3,(H,8,9,10)/t3-,4?/m0/s1. The van der Waals surface area contributed by atoms with Crippen LogP contribution in [-0.2, 0) is 19.6 Å². The summed E-state index contributed by atoms with van der Waals surface area (Å²) in [5.41, 5.74) is 3.50. The lowest BCUT2D eigenvalue weighted by atomic mass is 10.4. The van der Waals surface area contributed by atoms with Gasteiger partial charge in [0.25, 0.3) is 0 Å². The Labute approximate surface area is 70.4 Å². The molecule has 0 bridgehead atoms. The van der Waals surface area contributed by atoms with Crippen LogP contribution in [0.5, 0.6) is 0 Å². The monoisotopic (exact) mass is 197 g/mol. The highest BCUT2D eigenvalue weighted by atomic mass is 32.2. The van der Waals surface area contributed by atoms with E-state index in [1.54, 1.807) is 0 Å². The maximum atomic E-state index is 10.7. The number of hydrogen-bond acceptors (Lipinski definition) is 5. The first-order chi connectivity index (χ1) is 5.25. The Bertz CT molecular complexity index is 257. The molecule has 1 unspecified atom stereocenters. The number of esters is 1. The second-order valence-electron chi connectivity index (χ2n) is 2.31. The molecule has 6 nitrogen and oxygen atoms in total. The van der Waals surface area contributed by atoms with Crippen LogP contribution in [-0.4, -0.2) is 30.4 Å². The van der Waals surface area contributed by atoms with Gasteiger partial charge in [-0.25, -0.2) is 0 Å². The van der Waals surface area contributed by atoms with Gasteiger partial charge >= 0.3 is 16.1 Å². The first kappa shape index (κ1) is 11.3. The minimum Gasteiger partial charge on any atom is -0.442 e. The molecule has 0 aromatic rings. The highest BCUT2D eigenvalue weighted by molar-refractivity contribution is 7.86. The first-order valence-electron chi connectivity index (χ1n) is 3.17. The predicted octanol–water partition coefficient (Wildman–Crippen LogP) is -0.889. The van der Waals surface area contributed by atoms with E-state index in [-0.39, 0.29) is 0 Å². The van der Waals surface area contributed by atoms with Crippen molar-refractivity contribution in [3.05, 3.63) is 0 Å². The Balaban J connectivity index is 4.21. The third kappa shape index (κ3) is 3.65. The molecule has 0 amide bonds. The molecule has 7 heteroatoms. The third-order valence-electron chi connectivity index (χ3n) is 1.07. The fourth-order valence-corrected chi connectivity index (χ4v) is 0.548. The van der Waals surface area contributed by atoms with Gasteiger partial charge in [0.05, 0.1) is 0 Å². The largest absolute Gasteiger partial charge is 0.442 e. The van der Waals surface area contributed by atoms with Gasteiger partial charge in [-0.3, -0.25) is 9.35 Å². The molecule has 3 N–H and O–H groups in total. The lowest BCUT2D eigenvalue weighted by Crippen LogP contribution is -2.34. The van der Waals surface area contributed by atoms with Gasteiger partial charge in [-0.05, 0) is 13.8 Å². The quantitative estimate of drug-likeness (QED) is 0.449. The third-order valence-corrected chi connectivity index (χ3v) is 2.01. The fourth-order valence-electron chi connectivity index (χ4n) is 0.332. The molecular formula is C5H11NO5S. The molecule has 0 aliphatic carbocycles. The minimum atomic E-state index is -4.33. The molecule has 0 fully saturated rings. The summed E-state index contributed by atoms with van der Waals surface area (Å²) in [6.07, 6.45) is 0. The number of carbonyl (C=O) groups is 1. The van der Waals surface area contributed by atoms with E-state index in [4.69, 9.17) is 10.3 Å². The van der Waals surface area contributed by atoms with Crippen molar-refractivity contribution in [1.82, 2.24) is 0 Å². The van der Waals surface area contributed by atoms with Crippen molar-refractivity contribution >= 4 is 16.1 Å². The summed E-state index contributed by atoms with van der Waals surface area (Å²) in [7, 11) is -4.33. The van der Waals surface area contributed by atoms with Gasteiger partial charge in [-0.15, -0.1) is 0 Å². The smallest absolute Gasteiger partial charge is 0.323 e. The van der Waals surface area contributed by atoms with E-state index >= 15 is 0 Å². The molecule has 0 aromatic heterocycles. The molecule has 0 saturated carbocycles. The zero-order valence-corrected chi connectivity index (χ0v) is 7.54. The zero-order chi connectivity index (χ0) is 9.94. The summed E-state index contributed by atoms with van der Waals surface area (Å²) >= 11 is 0. The number of hydrogen-bond donors (Lipinski definition) is 2. The summed E-state index contributed by atoms with van der Waals surface area (Å²) in [5.74, 6) is -0.875. The van der Waals surface area contributed by atoms with Crippen molar-refractivity contribution in [3.63, 3.8) is 0 Å². The molecule has 0 rings (SSSR count). The van der Waals surface area contributed by atoms with Gasteiger partial charge in [-0.2, -0.15) is 8.42 Å². The van der Waals surface area contributed by atoms with Crippen molar-refractivity contribution in [2.24, 2.45) is 5.73 Å². The number of carbonyl (C=O) groups excluding carboxylic acids is 1. The molecule has 0 spiro atoms. The van der Waals surface area contributed by atoms with Gasteiger partial charge in [-0.1, -0.05) is 0 Å². The van der Waals surface area contributed by atoms with E-state index in [1.807, 2.05) is 0 Å². The van der Waals surface area contributed by atoms with E-state index in [0.29, 0.717) is 0 Å². The number of nitrogens with two attached hydrogens (primary N) is 1. The van der Waals surface area contributed by atoms with Gasteiger partial charge in [0.1, 0.15) is 6.04 Å². The molecule has 2 atom stereocenters. The predicted molar refractivity (Wildman–Crippen MR) is 40.8 cm³/mol. The van der Waals surface area contributed by atoms with Crippen LogP contribution in [0, 0.1) is 0 Å². The van der Waals surface area contributed by atoms with E-state index in [2.05, 4.69) is 4.74 Å². The molecule has 0 aliphatic heterocycles. The molecular weight excluding hydrogens is 186 g/mol. The van der Waals surface area contributed by atoms with Gasteiger partial charge in [0.15, 0.2) is 0 Å². The zero-order valence-electron chi connectivity index (χ0n) is 6.72. The van der Waals surface area contributed by atoms with Crippen molar-refractivity contribution in [1.29, 1.82) is 0 Å². The minimum absolute atomic E-state index is 0.875. The summed E-state index contributed by atoms with van der Waals surface area (Å²) in [6.45, 7) is 2.38. The highest BCUT2D eigenvalue weighted by Gasteiger charge is 2.22. The van der Waals surface area contributed by atoms with Crippen LogP contribution in [0.15, 0.2) is 0 Å². The summed E-state index contributed by atoms with van der Waals surface area (Å²) in [6, 6.07) is -0.908. The van der Waals surface area contributed by atoms with Crippen LogP contribution < -0.4 is 5.73 Å². The normalized spacial score (nSPS) is 16.7. The Morgan fingerprint density at radius 1 is 1.50 bits per heavy atom. The summed E-state index contributed by atoms with van der Waals surface area (Å²) in [5, 5.41) is 0. The lowest BCUT2D eigenvalue weighted by molar-refractivity contribution is -0.146. The van der Waals surface area contributed by atoms with Crippen LogP contribution in [0.4, 0.5) is 0 Å². The van der Waals surface area contributed by atoms with Crippen molar-refractivity contribution < 1.29 is 22.5 Å². The topological polar surface area (TPSA) is 107 Å². The lowest BCUT2D eigenvalue weighted by Gasteiger charge is -2.11. The van der Waals surface area contributed by atoms with Crippen LogP contribution in [0.2, 0.25) is 0 Å². The van der Waals surface area contributed by atoms with Gasteiger partial charge in [0, 0.05) is 0 Å². The van der Waals surface area contributed by atoms with Crippen LogP contribution in [0.25, 0.3) is 0 Å². The maximum Gasteiger partial charge on any atom is 0.323 e. The van der Waals surface area contributed by atoms with E-state index in [0.717, 1.165) is 6.92 Å². The molecule has 12 heavy (non-hydrogen) atoms. The molecule has 0 heterocycles. The van der Waals surface area contributed by atoms with Crippen LogP contribution >= 0.6 is 0 Å². The molecule has 0 aromatic carbocycles. The van der Waals surface area contributed by atoms with E-state index in [9.17, 15) is 13.2 Å². The molecule has 72 valence electrons. The van der Waals surface area contributed by atoms with Crippen LogP contribution in [0.3, 0.4) is 0 Å². The average Bonchev–Trinajstić information content (AvgIpc) is 1.85. The molecule has 0 radical (unpaired) electrons. The Hall–Kier alpha value is -0.660. The fraction of sp³-hybridized carbons (Fsp3) is 0.800. The van der Waals surface area contributed by atoms with Gasteiger partial charge < -0.3 is 10.5 Å². The van der Waals surface area contributed by atoms with Crippen molar-refractivity contribution in [2.75, 3.05) is 0 Å². The summed E-state index contributed by atoms with van der Waals surface area (Å²) in [4.78, 5) is 10.7. The Morgan fingerprint density at radius 2 is 1.92 bits per heavy atom. The molecule has 0 aliphatic rings.